The van der Waals surface area contributed by atoms with E-state index in [0.717, 1.165) is 11.8 Å². The van der Waals surface area contributed by atoms with E-state index in [0.29, 0.717) is 23.5 Å². The van der Waals surface area contributed by atoms with Gasteiger partial charge >= 0.3 is 5.97 Å². The van der Waals surface area contributed by atoms with Crippen molar-refractivity contribution in [3.05, 3.63) is 59.7 Å². The average molecular weight is 270 g/mol. The number of benzene rings is 2. The van der Waals surface area contributed by atoms with Crippen LogP contribution in [0.15, 0.2) is 48.5 Å². The number of aldehydes is 1. The highest BCUT2D eigenvalue weighted by Gasteiger charge is 2.01. The molecule has 0 fully saturated rings. The Hall–Kier alpha value is -2.62. The molecule has 0 heterocycles. The number of rotatable bonds is 6. The molecule has 0 saturated carbocycles. The first-order valence-electron chi connectivity index (χ1n) is 6.21. The summed E-state index contributed by atoms with van der Waals surface area (Å²) >= 11 is 0. The van der Waals surface area contributed by atoms with Crippen LogP contribution in [0.1, 0.15) is 22.3 Å². The van der Waals surface area contributed by atoms with Crippen molar-refractivity contribution in [1.82, 2.24) is 0 Å². The number of aliphatic carboxylic acids is 1. The standard InChI is InChI=1S/C16H14O4/c17-11-13-3-8-15(9-4-13)20-14-6-1-12(2-7-14)5-10-16(18)19/h1-4,6-9,11H,5,10H2,(H,18,19). The zero-order valence-electron chi connectivity index (χ0n) is 10.8. The molecule has 0 aliphatic carbocycles. The van der Waals surface area contributed by atoms with Crippen LogP contribution in [-0.2, 0) is 11.2 Å². The summed E-state index contributed by atoms with van der Waals surface area (Å²) in [4.78, 5) is 21.0. The monoisotopic (exact) mass is 270 g/mol. The molecule has 0 spiro atoms. The lowest BCUT2D eigenvalue weighted by Crippen LogP contribution is -1.97. The third kappa shape index (κ3) is 3.95. The SMILES string of the molecule is O=Cc1ccc(Oc2ccc(CCC(=O)O)cc2)cc1. The fourth-order valence-electron chi connectivity index (χ4n) is 1.73. The van der Waals surface area contributed by atoms with Crippen molar-refractivity contribution in [3.8, 4) is 11.5 Å². The van der Waals surface area contributed by atoms with Gasteiger partial charge in [-0.1, -0.05) is 12.1 Å². The number of hydrogen-bond acceptors (Lipinski definition) is 3. The van der Waals surface area contributed by atoms with Gasteiger partial charge in [0.05, 0.1) is 0 Å². The lowest BCUT2D eigenvalue weighted by molar-refractivity contribution is -0.136. The summed E-state index contributed by atoms with van der Waals surface area (Å²) in [5.41, 5.74) is 1.55. The van der Waals surface area contributed by atoms with Gasteiger partial charge in [-0.15, -0.1) is 0 Å². The van der Waals surface area contributed by atoms with Crippen LogP contribution in [0.5, 0.6) is 11.5 Å². The van der Waals surface area contributed by atoms with E-state index in [4.69, 9.17) is 9.84 Å². The van der Waals surface area contributed by atoms with Gasteiger partial charge in [0, 0.05) is 12.0 Å². The van der Waals surface area contributed by atoms with Gasteiger partial charge in [0.2, 0.25) is 0 Å². The fourth-order valence-corrected chi connectivity index (χ4v) is 1.73. The Morgan fingerprint density at radius 2 is 1.55 bits per heavy atom. The van der Waals surface area contributed by atoms with Crippen molar-refractivity contribution in [3.63, 3.8) is 0 Å². The minimum absolute atomic E-state index is 0.118. The maximum atomic E-state index is 10.5. The summed E-state index contributed by atoms with van der Waals surface area (Å²) in [5.74, 6) is 0.511. The molecule has 0 unspecified atom stereocenters. The van der Waals surface area contributed by atoms with Gasteiger partial charge in [0.15, 0.2) is 0 Å². The predicted molar refractivity (Wildman–Crippen MR) is 74.3 cm³/mol. The van der Waals surface area contributed by atoms with Crippen molar-refractivity contribution in [2.24, 2.45) is 0 Å². The number of hydrogen-bond donors (Lipinski definition) is 1. The molecule has 0 atom stereocenters. The molecule has 0 aromatic heterocycles. The lowest BCUT2D eigenvalue weighted by atomic mass is 10.1. The van der Waals surface area contributed by atoms with Gasteiger partial charge < -0.3 is 9.84 Å². The maximum Gasteiger partial charge on any atom is 0.303 e. The van der Waals surface area contributed by atoms with Crippen LogP contribution >= 0.6 is 0 Å². The first-order valence-corrected chi connectivity index (χ1v) is 6.21. The molecular weight excluding hydrogens is 256 g/mol. The Morgan fingerprint density at radius 3 is 2.05 bits per heavy atom. The van der Waals surface area contributed by atoms with E-state index in [2.05, 4.69) is 0 Å². The van der Waals surface area contributed by atoms with Crippen molar-refractivity contribution in [2.75, 3.05) is 0 Å². The summed E-state index contributed by atoms with van der Waals surface area (Å²) in [6, 6.07) is 14.1. The second-order valence-electron chi connectivity index (χ2n) is 4.33. The number of ether oxygens (including phenoxy) is 1. The van der Waals surface area contributed by atoms with E-state index in [1.54, 1.807) is 36.4 Å². The molecule has 2 aromatic rings. The van der Waals surface area contributed by atoms with Crippen LogP contribution in [0.3, 0.4) is 0 Å². The Labute approximate surface area is 116 Å². The smallest absolute Gasteiger partial charge is 0.303 e. The first kappa shape index (κ1) is 13.8. The maximum absolute atomic E-state index is 10.5. The van der Waals surface area contributed by atoms with Crippen LogP contribution in [0.4, 0.5) is 0 Å². The minimum Gasteiger partial charge on any atom is -0.481 e. The fraction of sp³-hybridized carbons (Fsp3) is 0.125. The van der Waals surface area contributed by atoms with Crippen molar-refractivity contribution in [2.45, 2.75) is 12.8 Å². The molecule has 0 amide bonds. The summed E-state index contributed by atoms with van der Waals surface area (Å²) in [7, 11) is 0. The van der Waals surface area contributed by atoms with Crippen molar-refractivity contribution < 1.29 is 19.4 Å². The van der Waals surface area contributed by atoms with E-state index >= 15 is 0 Å². The second-order valence-corrected chi connectivity index (χ2v) is 4.33. The normalized spacial score (nSPS) is 10.0. The molecule has 2 rings (SSSR count). The molecule has 0 aliphatic heterocycles. The van der Waals surface area contributed by atoms with E-state index < -0.39 is 5.97 Å². The van der Waals surface area contributed by atoms with Gasteiger partial charge in [-0.25, -0.2) is 0 Å². The number of carbonyl (C=O) groups is 2. The second kappa shape index (κ2) is 6.52. The average Bonchev–Trinajstić information content (AvgIpc) is 2.47. The zero-order valence-corrected chi connectivity index (χ0v) is 10.8. The molecule has 2 aromatic carbocycles. The number of carboxylic acid groups (broad SMARTS) is 1. The summed E-state index contributed by atoms with van der Waals surface area (Å²) < 4.78 is 5.63. The Balaban J connectivity index is 1.98. The molecule has 1 N–H and O–H groups in total. The quantitative estimate of drug-likeness (QED) is 0.818. The molecule has 102 valence electrons. The van der Waals surface area contributed by atoms with Gasteiger partial charge in [0.1, 0.15) is 17.8 Å². The molecule has 0 radical (unpaired) electrons. The Kier molecular flexibility index (Phi) is 4.50. The zero-order chi connectivity index (χ0) is 14.4. The molecule has 0 bridgehead atoms. The molecule has 0 aliphatic rings. The lowest BCUT2D eigenvalue weighted by Gasteiger charge is -2.06. The van der Waals surface area contributed by atoms with Gasteiger partial charge in [-0.2, -0.15) is 0 Å². The van der Waals surface area contributed by atoms with Crippen LogP contribution in [-0.4, -0.2) is 17.4 Å². The molecular formula is C16H14O4. The first-order chi connectivity index (χ1) is 9.67. The highest BCUT2D eigenvalue weighted by Crippen LogP contribution is 2.22. The predicted octanol–water partition coefficient (Wildman–Crippen LogP) is 3.31. The van der Waals surface area contributed by atoms with Crippen LogP contribution in [0.2, 0.25) is 0 Å². The van der Waals surface area contributed by atoms with Crippen molar-refractivity contribution in [1.29, 1.82) is 0 Å². The van der Waals surface area contributed by atoms with E-state index in [-0.39, 0.29) is 6.42 Å². The molecule has 4 nitrogen and oxygen atoms in total. The molecule has 4 heteroatoms. The topological polar surface area (TPSA) is 63.6 Å². The number of carbonyl (C=O) groups excluding carboxylic acids is 1. The van der Waals surface area contributed by atoms with E-state index in [1.807, 2.05) is 12.1 Å². The van der Waals surface area contributed by atoms with Gasteiger partial charge in [0.25, 0.3) is 0 Å². The van der Waals surface area contributed by atoms with Gasteiger partial charge in [-0.3, -0.25) is 9.59 Å². The highest BCUT2D eigenvalue weighted by atomic mass is 16.5. The van der Waals surface area contributed by atoms with E-state index in [9.17, 15) is 9.59 Å². The summed E-state index contributed by atoms with van der Waals surface area (Å²) in [6.07, 6.45) is 1.40. The van der Waals surface area contributed by atoms with Crippen LogP contribution in [0, 0.1) is 0 Å². The van der Waals surface area contributed by atoms with Crippen LogP contribution in [0.25, 0.3) is 0 Å². The van der Waals surface area contributed by atoms with Gasteiger partial charge in [-0.05, 0) is 48.4 Å². The minimum atomic E-state index is -0.805. The van der Waals surface area contributed by atoms with Crippen LogP contribution < -0.4 is 4.74 Å². The van der Waals surface area contributed by atoms with Crippen molar-refractivity contribution >= 4 is 12.3 Å². The summed E-state index contributed by atoms with van der Waals surface area (Å²) in [6.45, 7) is 0. The van der Waals surface area contributed by atoms with E-state index in [1.165, 1.54) is 0 Å². The number of aryl methyl sites for hydroxylation is 1. The third-order valence-corrected chi connectivity index (χ3v) is 2.80. The molecule has 0 saturated heterocycles. The summed E-state index contributed by atoms with van der Waals surface area (Å²) in [5, 5.41) is 8.62. The largest absolute Gasteiger partial charge is 0.481 e. The number of carboxylic acids is 1. The third-order valence-electron chi connectivity index (χ3n) is 2.80. The Bertz CT molecular complexity index is 585. The Morgan fingerprint density at radius 1 is 1.00 bits per heavy atom. The highest BCUT2D eigenvalue weighted by molar-refractivity contribution is 5.74. The molecule has 20 heavy (non-hydrogen) atoms.